The van der Waals surface area contributed by atoms with E-state index in [0.717, 1.165) is 32.2 Å². The number of hydrogen-bond acceptors (Lipinski definition) is 3. The van der Waals surface area contributed by atoms with Gasteiger partial charge in [-0.2, -0.15) is 5.10 Å². The lowest BCUT2D eigenvalue weighted by atomic mass is 9.83. The van der Waals surface area contributed by atoms with E-state index >= 15 is 0 Å². The van der Waals surface area contributed by atoms with Gasteiger partial charge in [-0.25, -0.2) is 0 Å². The molecule has 0 saturated heterocycles. The predicted molar refractivity (Wildman–Crippen MR) is 104 cm³/mol. The van der Waals surface area contributed by atoms with E-state index in [0.29, 0.717) is 18.4 Å². The minimum absolute atomic E-state index is 0.222. The van der Waals surface area contributed by atoms with E-state index in [1.165, 1.54) is 41.9 Å². The quantitative estimate of drug-likeness (QED) is 0.790. The second kappa shape index (κ2) is 6.52. The van der Waals surface area contributed by atoms with Crippen LogP contribution in [0, 0.1) is 0 Å². The lowest BCUT2D eigenvalue weighted by Crippen LogP contribution is -2.43. The van der Waals surface area contributed by atoms with Crippen molar-refractivity contribution >= 4 is 17.2 Å². The second-order valence-electron chi connectivity index (χ2n) is 8.29. The molecule has 5 heteroatoms. The number of rotatable bonds is 7. The minimum Gasteiger partial charge on any atom is -0.353 e. The molecule has 5 rings (SSSR count). The van der Waals surface area contributed by atoms with Crippen molar-refractivity contribution in [2.75, 3.05) is 6.54 Å². The van der Waals surface area contributed by atoms with Gasteiger partial charge in [0.15, 0.2) is 0 Å². The number of nitrogens with zero attached hydrogens (tertiary/aromatic N) is 2. The Morgan fingerprint density at radius 1 is 1.23 bits per heavy atom. The van der Waals surface area contributed by atoms with Gasteiger partial charge in [0.2, 0.25) is 5.91 Å². The molecule has 0 atom stereocenters. The molecule has 1 N–H and O–H groups in total. The number of nitrogens with one attached hydrogen (secondary N) is 1. The zero-order chi connectivity index (χ0) is 17.6. The first-order valence-corrected chi connectivity index (χ1v) is 11.0. The first-order chi connectivity index (χ1) is 12.8. The van der Waals surface area contributed by atoms with Crippen molar-refractivity contribution < 1.29 is 4.79 Å². The smallest absolute Gasteiger partial charge is 0.231 e. The Morgan fingerprint density at radius 3 is 2.65 bits per heavy atom. The van der Waals surface area contributed by atoms with Gasteiger partial charge >= 0.3 is 0 Å². The molecule has 2 aromatic heterocycles. The van der Waals surface area contributed by atoms with Crippen LogP contribution in [0.1, 0.15) is 79.5 Å². The van der Waals surface area contributed by atoms with Gasteiger partial charge < -0.3 is 5.32 Å². The highest BCUT2D eigenvalue weighted by atomic mass is 32.1. The highest BCUT2D eigenvalue weighted by Crippen LogP contribution is 2.45. The summed E-state index contributed by atoms with van der Waals surface area (Å²) in [6, 6.07) is 6.54. The molecule has 3 fully saturated rings. The van der Waals surface area contributed by atoms with Gasteiger partial charge in [-0.15, -0.1) is 11.3 Å². The molecule has 138 valence electrons. The van der Waals surface area contributed by atoms with E-state index in [1.807, 2.05) is 0 Å². The van der Waals surface area contributed by atoms with Crippen molar-refractivity contribution in [3.63, 3.8) is 0 Å². The van der Waals surface area contributed by atoms with Gasteiger partial charge in [-0.05, 0) is 56.0 Å². The van der Waals surface area contributed by atoms with E-state index in [4.69, 9.17) is 5.10 Å². The number of carbonyl (C=O) groups excluding carboxylic acids is 1. The van der Waals surface area contributed by atoms with Crippen LogP contribution in [0.25, 0.3) is 0 Å². The van der Waals surface area contributed by atoms with E-state index < -0.39 is 0 Å². The predicted octanol–water partition coefficient (Wildman–Crippen LogP) is 4.33. The SMILES string of the molecule is O=C(NCCn1nc(C2CC2)cc1C1CC1)C1(c2cccs2)CCCC1. The fourth-order valence-electron chi connectivity index (χ4n) is 4.48. The summed E-state index contributed by atoms with van der Waals surface area (Å²) in [5.41, 5.74) is 2.40. The third-order valence-electron chi connectivity index (χ3n) is 6.31. The molecular weight excluding hydrogens is 342 g/mol. The zero-order valence-corrected chi connectivity index (χ0v) is 16.1. The summed E-state index contributed by atoms with van der Waals surface area (Å²) in [6.45, 7) is 1.47. The summed E-state index contributed by atoms with van der Waals surface area (Å²) >= 11 is 1.73. The number of hydrogen-bond donors (Lipinski definition) is 1. The Balaban J connectivity index is 1.26. The average molecular weight is 370 g/mol. The zero-order valence-electron chi connectivity index (χ0n) is 15.2. The molecule has 4 nitrogen and oxygen atoms in total. The van der Waals surface area contributed by atoms with E-state index in [-0.39, 0.29) is 11.3 Å². The van der Waals surface area contributed by atoms with Crippen LogP contribution in [-0.2, 0) is 16.8 Å². The molecule has 1 amide bonds. The van der Waals surface area contributed by atoms with Crippen molar-refractivity contribution in [3.8, 4) is 0 Å². The maximum absolute atomic E-state index is 13.1. The molecule has 0 bridgehead atoms. The number of amides is 1. The summed E-state index contributed by atoms with van der Waals surface area (Å²) in [5.74, 6) is 1.63. The lowest BCUT2D eigenvalue weighted by molar-refractivity contribution is -0.126. The molecule has 0 spiro atoms. The monoisotopic (exact) mass is 369 g/mol. The largest absolute Gasteiger partial charge is 0.353 e. The van der Waals surface area contributed by atoms with E-state index in [1.54, 1.807) is 11.3 Å². The molecule has 0 aliphatic heterocycles. The van der Waals surface area contributed by atoms with E-state index in [2.05, 4.69) is 33.6 Å². The molecule has 2 aromatic rings. The molecule has 0 radical (unpaired) electrons. The lowest BCUT2D eigenvalue weighted by Gasteiger charge is -2.26. The maximum Gasteiger partial charge on any atom is 0.231 e. The molecule has 2 heterocycles. The van der Waals surface area contributed by atoms with Crippen molar-refractivity contribution in [2.45, 2.75) is 75.2 Å². The second-order valence-corrected chi connectivity index (χ2v) is 9.24. The molecule has 0 aromatic carbocycles. The topological polar surface area (TPSA) is 46.9 Å². The van der Waals surface area contributed by atoms with Gasteiger partial charge in [0.1, 0.15) is 0 Å². The van der Waals surface area contributed by atoms with Crippen LogP contribution in [0.4, 0.5) is 0 Å². The van der Waals surface area contributed by atoms with Crippen LogP contribution in [0.2, 0.25) is 0 Å². The third kappa shape index (κ3) is 3.00. The summed E-state index contributed by atoms with van der Waals surface area (Å²) < 4.78 is 2.18. The Morgan fingerprint density at radius 2 is 2.00 bits per heavy atom. The van der Waals surface area contributed by atoms with Gasteiger partial charge in [-0.1, -0.05) is 18.9 Å². The highest BCUT2D eigenvalue weighted by molar-refractivity contribution is 7.10. The van der Waals surface area contributed by atoms with Crippen LogP contribution in [0.5, 0.6) is 0 Å². The third-order valence-corrected chi connectivity index (χ3v) is 7.39. The minimum atomic E-state index is -0.281. The molecule has 3 saturated carbocycles. The van der Waals surface area contributed by atoms with Crippen molar-refractivity contribution in [1.29, 1.82) is 0 Å². The first kappa shape index (κ1) is 16.5. The normalized spacial score (nSPS) is 21.8. The number of carbonyl (C=O) groups is 1. The number of thiophene rings is 1. The Labute approximate surface area is 159 Å². The fourth-order valence-corrected chi connectivity index (χ4v) is 5.46. The summed E-state index contributed by atoms with van der Waals surface area (Å²) in [6.07, 6.45) is 9.46. The van der Waals surface area contributed by atoms with Crippen LogP contribution < -0.4 is 5.32 Å². The highest BCUT2D eigenvalue weighted by Gasteiger charge is 2.43. The van der Waals surface area contributed by atoms with Gasteiger partial charge in [0.05, 0.1) is 17.7 Å². The molecule has 0 unspecified atom stereocenters. The Hall–Kier alpha value is -1.62. The van der Waals surface area contributed by atoms with Crippen molar-refractivity contribution in [1.82, 2.24) is 15.1 Å². The van der Waals surface area contributed by atoms with Crippen molar-refractivity contribution in [3.05, 3.63) is 39.8 Å². The van der Waals surface area contributed by atoms with E-state index in [9.17, 15) is 4.79 Å². The van der Waals surface area contributed by atoms with Crippen LogP contribution >= 0.6 is 11.3 Å². The van der Waals surface area contributed by atoms with Crippen LogP contribution in [0.3, 0.4) is 0 Å². The molecule has 3 aliphatic carbocycles. The van der Waals surface area contributed by atoms with Gasteiger partial charge in [0, 0.05) is 29.0 Å². The van der Waals surface area contributed by atoms with Crippen LogP contribution in [0.15, 0.2) is 23.6 Å². The molecule has 26 heavy (non-hydrogen) atoms. The molecular formula is C21H27N3OS. The first-order valence-electron chi connectivity index (χ1n) is 10.2. The standard InChI is InChI=1S/C21H27N3OS/c25-20(21(9-1-2-10-21)19-4-3-13-26-19)22-11-12-24-18(16-7-8-16)14-17(23-24)15-5-6-15/h3-4,13-16H,1-2,5-12H2,(H,22,25). The number of aromatic nitrogens is 2. The molecule has 3 aliphatic rings. The summed E-state index contributed by atoms with van der Waals surface area (Å²) in [7, 11) is 0. The summed E-state index contributed by atoms with van der Waals surface area (Å²) in [4.78, 5) is 14.3. The van der Waals surface area contributed by atoms with Crippen LogP contribution in [-0.4, -0.2) is 22.2 Å². The van der Waals surface area contributed by atoms with Crippen molar-refractivity contribution in [2.24, 2.45) is 0 Å². The Kier molecular flexibility index (Phi) is 4.15. The fraction of sp³-hybridized carbons (Fsp3) is 0.619. The maximum atomic E-state index is 13.1. The van der Waals surface area contributed by atoms with Gasteiger partial charge in [-0.3, -0.25) is 9.48 Å². The Bertz CT molecular complexity index is 780. The summed E-state index contributed by atoms with van der Waals surface area (Å²) in [5, 5.41) is 10.2. The average Bonchev–Trinajstić information content (AvgIpc) is 3.51. The van der Waals surface area contributed by atoms with Gasteiger partial charge in [0.25, 0.3) is 0 Å².